The van der Waals surface area contributed by atoms with Crippen molar-refractivity contribution in [3.63, 3.8) is 0 Å². The molecule has 2 heterocycles. The second-order valence-corrected chi connectivity index (χ2v) is 11.4. The van der Waals surface area contributed by atoms with Crippen molar-refractivity contribution in [1.29, 1.82) is 0 Å². The standard InChI is InChI=1S/C34H46N6O5/c1-7-38(8-2)23-29(41)39(22-24-13-12-14-25(21-24)45-34(4,5)33(42)44-9-3)18-19-40-28(17-20-43-6)37-30-31(40)26-15-10-11-16-27(26)36-32(30)35/h10-16,21H,7-9,17-20,22-23H2,1-6H3,(H2,35,36). The molecule has 0 radical (unpaired) electrons. The minimum absolute atomic E-state index is 0.0192. The van der Waals surface area contributed by atoms with Crippen molar-refractivity contribution < 1.29 is 23.8 Å². The molecule has 0 atom stereocenters. The smallest absolute Gasteiger partial charge is 0.349 e. The van der Waals surface area contributed by atoms with Crippen molar-refractivity contribution >= 4 is 39.6 Å². The van der Waals surface area contributed by atoms with Crippen LogP contribution in [0.5, 0.6) is 5.75 Å². The summed E-state index contributed by atoms with van der Waals surface area (Å²) in [4.78, 5) is 39.7. The Labute approximate surface area is 265 Å². The van der Waals surface area contributed by atoms with E-state index in [-0.39, 0.29) is 12.5 Å². The average molecular weight is 619 g/mol. The molecule has 4 aromatic rings. The minimum atomic E-state index is -1.16. The highest BCUT2D eigenvalue weighted by Crippen LogP contribution is 2.29. The molecule has 2 aromatic heterocycles. The van der Waals surface area contributed by atoms with Gasteiger partial charge in [-0.3, -0.25) is 9.69 Å². The van der Waals surface area contributed by atoms with Gasteiger partial charge in [0.2, 0.25) is 5.91 Å². The fraction of sp³-hybridized carbons (Fsp3) is 0.471. The van der Waals surface area contributed by atoms with E-state index in [1.54, 1.807) is 33.9 Å². The Morgan fingerprint density at radius 2 is 1.78 bits per heavy atom. The number of likely N-dealkylation sites (N-methyl/N-ethyl adjacent to an activating group) is 1. The summed E-state index contributed by atoms with van der Waals surface area (Å²) in [5.41, 5.74) is 8.45. The van der Waals surface area contributed by atoms with Crippen molar-refractivity contribution in [3.8, 4) is 5.75 Å². The fourth-order valence-electron chi connectivity index (χ4n) is 5.35. The van der Waals surface area contributed by atoms with E-state index in [1.807, 2.05) is 47.4 Å². The number of para-hydroxylation sites is 1. The highest BCUT2D eigenvalue weighted by atomic mass is 16.6. The van der Waals surface area contributed by atoms with Crippen LogP contribution in [-0.2, 0) is 38.6 Å². The predicted octanol–water partition coefficient (Wildman–Crippen LogP) is 4.45. The molecule has 242 valence electrons. The van der Waals surface area contributed by atoms with Gasteiger partial charge < -0.3 is 29.4 Å². The Kier molecular flexibility index (Phi) is 11.4. The lowest BCUT2D eigenvalue weighted by atomic mass is 10.1. The molecular weight excluding hydrogens is 572 g/mol. The van der Waals surface area contributed by atoms with Crippen LogP contribution in [0.3, 0.4) is 0 Å². The molecule has 0 aliphatic carbocycles. The molecule has 0 aliphatic rings. The summed E-state index contributed by atoms with van der Waals surface area (Å²) in [5.74, 6) is 1.30. The van der Waals surface area contributed by atoms with Crippen LogP contribution < -0.4 is 10.5 Å². The number of carbonyl (C=O) groups excluding carboxylic acids is 2. The first-order chi connectivity index (χ1) is 21.6. The van der Waals surface area contributed by atoms with Crippen molar-refractivity contribution in [3.05, 3.63) is 59.9 Å². The molecule has 0 bridgehead atoms. The zero-order valence-electron chi connectivity index (χ0n) is 27.3. The summed E-state index contributed by atoms with van der Waals surface area (Å²) >= 11 is 0. The number of pyridine rings is 1. The van der Waals surface area contributed by atoms with E-state index >= 15 is 0 Å². The van der Waals surface area contributed by atoms with Gasteiger partial charge >= 0.3 is 5.97 Å². The number of imidazole rings is 1. The molecule has 2 N–H and O–H groups in total. The highest BCUT2D eigenvalue weighted by molar-refractivity contribution is 6.06. The Morgan fingerprint density at radius 1 is 1.02 bits per heavy atom. The SMILES string of the molecule is CCOC(=O)C(C)(C)Oc1cccc(CN(CCn2c(CCOC)nc3c(N)nc4ccccc4c32)C(=O)CN(CC)CC)c1. The second-order valence-electron chi connectivity index (χ2n) is 11.4. The number of amides is 1. The van der Waals surface area contributed by atoms with Crippen LogP contribution in [0.2, 0.25) is 0 Å². The number of methoxy groups -OCH3 is 1. The minimum Gasteiger partial charge on any atom is -0.476 e. The Bertz CT molecular complexity index is 1610. The maximum atomic E-state index is 13.8. The van der Waals surface area contributed by atoms with E-state index < -0.39 is 11.6 Å². The van der Waals surface area contributed by atoms with E-state index in [4.69, 9.17) is 24.9 Å². The number of rotatable bonds is 16. The zero-order chi connectivity index (χ0) is 32.6. The van der Waals surface area contributed by atoms with Gasteiger partial charge in [0, 0.05) is 38.6 Å². The number of anilines is 1. The van der Waals surface area contributed by atoms with Gasteiger partial charge in [-0.15, -0.1) is 0 Å². The summed E-state index contributed by atoms with van der Waals surface area (Å²) in [7, 11) is 1.66. The van der Waals surface area contributed by atoms with Gasteiger partial charge in [0.15, 0.2) is 11.4 Å². The summed E-state index contributed by atoms with van der Waals surface area (Å²) < 4.78 is 18.8. The highest BCUT2D eigenvalue weighted by Gasteiger charge is 2.31. The molecule has 0 fully saturated rings. The molecule has 11 heteroatoms. The van der Waals surface area contributed by atoms with Crippen LogP contribution >= 0.6 is 0 Å². The number of carbonyl (C=O) groups is 2. The van der Waals surface area contributed by atoms with Gasteiger partial charge in [0.25, 0.3) is 0 Å². The molecule has 0 unspecified atom stereocenters. The van der Waals surface area contributed by atoms with Gasteiger partial charge in [0.05, 0.1) is 30.8 Å². The van der Waals surface area contributed by atoms with Crippen LogP contribution in [0.15, 0.2) is 48.5 Å². The van der Waals surface area contributed by atoms with Gasteiger partial charge in [-0.25, -0.2) is 14.8 Å². The van der Waals surface area contributed by atoms with E-state index in [0.717, 1.165) is 40.9 Å². The molecule has 0 spiro atoms. The number of fused-ring (bicyclic) bond motifs is 3. The van der Waals surface area contributed by atoms with Gasteiger partial charge in [-0.2, -0.15) is 0 Å². The summed E-state index contributed by atoms with van der Waals surface area (Å²) in [5, 5.41) is 0.952. The zero-order valence-corrected chi connectivity index (χ0v) is 27.3. The first kappa shape index (κ1) is 33.7. The average Bonchev–Trinajstić information content (AvgIpc) is 3.40. The maximum absolute atomic E-state index is 13.8. The quantitative estimate of drug-likeness (QED) is 0.181. The molecule has 0 saturated heterocycles. The number of aromatic nitrogens is 3. The largest absolute Gasteiger partial charge is 0.476 e. The normalized spacial score (nSPS) is 11.8. The van der Waals surface area contributed by atoms with E-state index in [2.05, 4.69) is 28.3 Å². The van der Waals surface area contributed by atoms with Gasteiger partial charge in [-0.1, -0.05) is 44.2 Å². The molecular formula is C34H46N6O5. The molecule has 2 aromatic carbocycles. The van der Waals surface area contributed by atoms with Crippen LogP contribution in [0.4, 0.5) is 5.82 Å². The lowest BCUT2D eigenvalue weighted by molar-refractivity contribution is -0.158. The number of nitrogens with two attached hydrogens (primary N) is 1. The lowest BCUT2D eigenvalue weighted by Gasteiger charge is -2.28. The Balaban J connectivity index is 1.67. The number of esters is 1. The Morgan fingerprint density at radius 3 is 2.49 bits per heavy atom. The number of nitrogens with zero attached hydrogens (tertiary/aromatic N) is 5. The third kappa shape index (κ3) is 8.09. The third-order valence-electron chi connectivity index (χ3n) is 7.83. The first-order valence-electron chi connectivity index (χ1n) is 15.6. The fourth-order valence-corrected chi connectivity index (χ4v) is 5.35. The molecule has 0 aliphatic heterocycles. The molecule has 0 saturated carbocycles. The summed E-state index contributed by atoms with van der Waals surface area (Å²) in [6, 6.07) is 15.4. The van der Waals surface area contributed by atoms with E-state index in [1.165, 1.54) is 0 Å². The van der Waals surface area contributed by atoms with Crippen molar-refractivity contribution in [2.75, 3.05) is 52.2 Å². The maximum Gasteiger partial charge on any atom is 0.349 e. The van der Waals surface area contributed by atoms with Crippen LogP contribution in [0.1, 0.15) is 46.0 Å². The van der Waals surface area contributed by atoms with Crippen molar-refractivity contribution in [2.24, 2.45) is 0 Å². The van der Waals surface area contributed by atoms with Crippen molar-refractivity contribution in [1.82, 2.24) is 24.3 Å². The van der Waals surface area contributed by atoms with Gasteiger partial charge in [-0.05, 0) is 57.6 Å². The van der Waals surface area contributed by atoms with Gasteiger partial charge in [0.1, 0.15) is 17.1 Å². The molecule has 1 amide bonds. The van der Waals surface area contributed by atoms with Crippen LogP contribution in [0.25, 0.3) is 21.9 Å². The number of ether oxygens (including phenoxy) is 3. The van der Waals surface area contributed by atoms with Crippen molar-refractivity contribution in [2.45, 2.75) is 59.7 Å². The molecule has 45 heavy (non-hydrogen) atoms. The Hall–Kier alpha value is -4.22. The molecule has 4 rings (SSSR count). The number of hydrogen-bond acceptors (Lipinski definition) is 9. The first-order valence-corrected chi connectivity index (χ1v) is 15.6. The predicted molar refractivity (Wildman–Crippen MR) is 176 cm³/mol. The number of hydrogen-bond donors (Lipinski definition) is 1. The topological polar surface area (TPSA) is 125 Å². The van der Waals surface area contributed by atoms with Crippen LogP contribution in [0, 0.1) is 0 Å². The lowest BCUT2D eigenvalue weighted by Crippen LogP contribution is -2.41. The number of nitrogen functional groups attached to an aromatic ring is 1. The van der Waals surface area contributed by atoms with Crippen LogP contribution in [-0.4, -0.2) is 88.3 Å². The third-order valence-corrected chi connectivity index (χ3v) is 7.83. The summed E-state index contributed by atoms with van der Waals surface area (Å²) in [6.45, 7) is 13.1. The van der Waals surface area contributed by atoms with E-state index in [9.17, 15) is 9.59 Å². The monoisotopic (exact) mass is 618 g/mol. The van der Waals surface area contributed by atoms with E-state index in [0.29, 0.717) is 56.3 Å². The number of benzene rings is 2. The second kappa shape index (κ2) is 15.2. The molecule has 11 nitrogen and oxygen atoms in total. The summed E-state index contributed by atoms with van der Waals surface area (Å²) in [6.07, 6.45) is 0.585.